The second kappa shape index (κ2) is 9.43. The van der Waals surface area contributed by atoms with Crippen molar-refractivity contribution in [2.45, 2.75) is 42.9 Å². The molecule has 172 valence electrons. The maximum Gasteiger partial charge on any atom is 0.233 e. The molecule has 0 bridgehead atoms. The molecular weight excluding hydrogens is 438 g/mol. The van der Waals surface area contributed by atoms with Gasteiger partial charge >= 0.3 is 0 Å². The van der Waals surface area contributed by atoms with Gasteiger partial charge in [-0.2, -0.15) is 0 Å². The molecule has 8 nitrogen and oxygen atoms in total. The van der Waals surface area contributed by atoms with E-state index in [4.69, 9.17) is 9.47 Å². The summed E-state index contributed by atoms with van der Waals surface area (Å²) in [4.78, 5) is 19.4. The lowest BCUT2D eigenvalue weighted by atomic mass is 10.0. The summed E-state index contributed by atoms with van der Waals surface area (Å²) in [5.41, 5.74) is 1.99. The summed E-state index contributed by atoms with van der Waals surface area (Å²) < 4.78 is 13.2. The van der Waals surface area contributed by atoms with Gasteiger partial charge in [0.1, 0.15) is 11.5 Å². The van der Waals surface area contributed by atoms with Crippen LogP contribution in [0.2, 0.25) is 0 Å². The average Bonchev–Trinajstić information content (AvgIpc) is 3.41. The summed E-state index contributed by atoms with van der Waals surface area (Å²) in [5.74, 6) is 2.81. The van der Waals surface area contributed by atoms with Crippen molar-refractivity contribution in [3.63, 3.8) is 0 Å². The van der Waals surface area contributed by atoms with Crippen LogP contribution in [0.3, 0.4) is 0 Å². The van der Waals surface area contributed by atoms with Crippen LogP contribution in [0.4, 0.5) is 0 Å². The molecule has 1 aromatic carbocycles. The Balaban J connectivity index is 1.33. The molecule has 9 heteroatoms. The third-order valence-electron chi connectivity index (χ3n) is 6.21. The summed E-state index contributed by atoms with van der Waals surface area (Å²) in [6.07, 6.45) is 7.62. The highest BCUT2D eigenvalue weighted by Crippen LogP contribution is 2.42. The Morgan fingerprint density at radius 3 is 2.64 bits per heavy atom. The smallest absolute Gasteiger partial charge is 0.233 e. The second-order valence-corrected chi connectivity index (χ2v) is 9.23. The number of hydrogen-bond donors (Lipinski definition) is 0. The number of nitrogens with zero attached hydrogens (tertiary/aromatic N) is 5. The number of likely N-dealkylation sites (tertiary alicyclic amines) is 1. The van der Waals surface area contributed by atoms with E-state index in [-0.39, 0.29) is 11.9 Å². The Bertz CT molecular complexity index is 1130. The summed E-state index contributed by atoms with van der Waals surface area (Å²) in [6.45, 7) is 0.738. The first kappa shape index (κ1) is 21.8. The quantitative estimate of drug-likeness (QED) is 0.462. The standard InChI is InChI=1S/C24H27N5O3S/c1-31-18-7-8-21(32-2)19(14-18)20-4-3-13-28(20)22(30)15-33-24-27-26-23(29(24)17-5-6-17)16-9-11-25-12-10-16/h7-12,14,17,20H,3-6,13,15H2,1-2H3/t20-/m0/s1. The molecule has 2 aliphatic rings. The van der Waals surface area contributed by atoms with Crippen LogP contribution >= 0.6 is 11.8 Å². The average molecular weight is 466 g/mol. The van der Waals surface area contributed by atoms with Crippen LogP contribution in [0.25, 0.3) is 11.4 Å². The number of rotatable bonds is 8. The molecule has 0 radical (unpaired) electrons. The van der Waals surface area contributed by atoms with E-state index in [0.29, 0.717) is 11.8 Å². The minimum Gasteiger partial charge on any atom is -0.497 e. The minimum absolute atomic E-state index is 0.0168. The van der Waals surface area contributed by atoms with E-state index in [1.165, 1.54) is 11.8 Å². The Hall–Kier alpha value is -3.07. The van der Waals surface area contributed by atoms with Gasteiger partial charge in [-0.15, -0.1) is 10.2 Å². The Kier molecular flexibility index (Phi) is 6.22. The van der Waals surface area contributed by atoms with Crippen LogP contribution in [0.1, 0.15) is 43.3 Å². The van der Waals surface area contributed by atoms with Gasteiger partial charge in [-0.05, 0) is 56.0 Å². The molecule has 3 aromatic rings. The van der Waals surface area contributed by atoms with Crippen LogP contribution in [0, 0.1) is 0 Å². The number of carbonyl (C=O) groups excluding carboxylic acids is 1. The number of thioether (sulfide) groups is 1. The molecule has 3 heterocycles. The zero-order chi connectivity index (χ0) is 22.8. The fraction of sp³-hybridized carbons (Fsp3) is 0.417. The molecule has 1 saturated carbocycles. The number of amides is 1. The first-order valence-electron chi connectivity index (χ1n) is 11.2. The van der Waals surface area contributed by atoms with E-state index in [1.807, 2.05) is 35.2 Å². The van der Waals surface area contributed by atoms with Gasteiger partial charge in [0.25, 0.3) is 0 Å². The minimum atomic E-state index is -0.0168. The van der Waals surface area contributed by atoms with E-state index >= 15 is 0 Å². The van der Waals surface area contributed by atoms with Crippen molar-refractivity contribution in [2.75, 3.05) is 26.5 Å². The van der Waals surface area contributed by atoms with Crippen LogP contribution in [-0.4, -0.2) is 57.1 Å². The van der Waals surface area contributed by atoms with Crippen LogP contribution in [0.15, 0.2) is 47.9 Å². The van der Waals surface area contributed by atoms with Gasteiger partial charge in [-0.25, -0.2) is 0 Å². The summed E-state index contributed by atoms with van der Waals surface area (Å²) in [7, 11) is 3.31. The monoisotopic (exact) mass is 465 g/mol. The van der Waals surface area contributed by atoms with Gasteiger partial charge in [-0.3, -0.25) is 14.3 Å². The lowest BCUT2D eigenvalue weighted by Crippen LogP contribution is -2.32. The van der Waals surface area contributed by atoms with Crippen LogP contribution in [0.5, 0.6) is 11.5 Å². The van der Waals surface area contributed by atoms with Crippen molar-refractivity contribution in [2.24, 2.45) is 0 Å². The Labute approximate surface area is 197 Å². The fourth-order valence-corrected chi connectivity index (χ4v) is 5.32. The number of benzene rings is 1. The highest BCUT2D eigenvalue weighted by Gasteiger charge is 2.34. The molecule has 33 heavy (non-hydrogen) atoms. The number of ether oxygens (including phenoxy) is 2. The summed E-state index contributed by atoms with van der Waals surface area (Å²) in [6, 6.07) is 10.0. The predicted octanol–water partition coefficient (Wildman–Crippen LogP) is 4.15. The molecule has 2 fully saturated rings. The van der Waals surface area contributed by atoms with Gasteiger partial charge in [-0.1, -0.05) is 11.8 Å². The first-order valence-corrected chi connectivity index (χ1v) is 12.2. The number of hydrogen-bond acceptors (Lipinski definition) is 7. The molecule has 1 saturated heterocycles. The van der Waals surface area contributed by atoms with Crippen LogP contribution in [-0.2, 0) is 4.79 Å². The van der Waals surface area contributed by atoms with Gasteiger partial charge < -0.3 is 14.4 Å². The van der Waals surface area contributed by atoms with Crippen molar-refractivity contribution < 1.29 is 14.3 Å². The molecule has 1 aliphatic carbocycles. The molecule has 0 N–H and O–H groups in total. The molecular formula is C24H27N5O3S. The third-order valence-corrected chi connectivity index (χ3v) is 7.14. The van der Waals surface area contributed by atoms with Crippen molar-refractivity contribution in [1.82, 2.24) is 24.6 Å². The SMILES string of the molecule is COc1ccc(OC)c([C@@H]2CCCN2C(=O)CSc2nnc(-c3ccncc3)n2C2CC2)c1. The maximum atomic E-state index is 13.3. The van der Waals surface area contributed by atoms with E-state index in [2.05, 4.69) is 19.7 Å². The molecule has 0 spiro atoms. The Morgan fingerprint density at radius 1 is 1.09 bits per heavy atom. The fourth-order valence-electron chi connectivity index (χ4n) is 4.43. The molecule has 1 aliphatic heterocycles. The second-order valence-electron chi connectivity index (χ2n) is 8.28. The van der Waals surface area contributed by atoms with E-state index in [9.17, 15) is 4.79 Å². The largest absolute Gasteiger partial charge is 0.497 e. The van der Waals surface area contributed by atoms with Gasteiger partial charge in [0, 0.05) is 36.1 Å². The molecule has 2 aromatic heterocycles. The number of pyridine rings is 1. The van der Waals surface area contributed by atoms with Crippen molar-refractivity contribution >= 4 is 17.7 Å². The van der Waals surface area contributed by atoms with Crippen molar-refractivity contribution in [1.29, 1.82) is 0 Å². The van der Waals surface area contributed by atoms with E-state index in [1.54, 1.807) is 26.6 Å². The zero-order valence-electron chi connectivity index (χ0n) is 18.8. The normalized spacial score (nSPS) is 17.9. The maximum absolute atomic E-state index is 13.3. The van der Waals surface area contributed by atoms with Crippen LogP contribution < -0.4 is 9.47 Å². The third kappa shape index (κ3) is 4.42. The van der Waals surface area contributed by atoms with Crippen molar-refractivity contribution in [3.8, 4) is 22.9 Å². The lowest BCUT2D eigenvalue weighted by Gasteiger charge is -2.26. The first-order chi connectivity index (χ1) is 16.2. The van der Waals surface area contributed by atoms with Crippen molar-refractivity contribution in [3.05, 3.63) is 48.3 Å². The topological polar surface area (TPSA) is 82.4 Å². The van der Waals surface area contributed by atoms with E-state index < -0.39 is 0 Å². The summed E-state index contributed by atoms with van der Waals surface area (Å²) >= 11 is 1.47. The Morgan fingerprint density at radius 2 is 1.91 bits per heavy atom. The number of methoxy groups -OCH3 is 2. The van der Waals surface area contributed by atoms with Gasteiger partial charge in [0.2, 0.25) is 5.91 Å². The molecule has 1 amide bonds. The highest BCUT2D eigenvalue weighted by atomic mass is 32.2. The molecule has 0 unspecified atom stereocenters. The zero-order valence-corrected chi connectivity index (χ0v) is 19.6. The lowest BCUT2D eigenvalue weighted by molar-refractivity contribution is -0.129. The van der Waals surface area contributed by atoms with Gasteiger partial charge in [0.05, 0.1) is 26.0 Å². The number of carbonyl (C=O) groups is 1. The van der Waals surface area contributed by atoms with E-state index in [0.717, 1.165) is 65.8 Å². The molecule has 1 atom stereocenters. The van der Waals surface area contributed by atoms with Gasteiger partial charge in [0.15, 0.2) is 11.0 Å². The predicted molar refractivity (Wildman–Crippen MR) is 125 cm³/mol. The highest BCUT2D eigenvalue weighted by molar-refractivity contribution is 7.99. The number of aromatic nitrogens is 4. The summed E-state index contributed by atoms with van der Waals surface area (Å²) in [5, 5.41) is 9.66. The molecule has 5 rings (SSSR count).